The fourth-order valence-corrected chi connectivity index (χ4v) is 2.98. The van der Waals surface area contributed by atoms with Crippen LogP contribution in [0.2, 0.25) is 0 Å². The first-order valence-electron chi connectivity index (χ1n) is 7.95. The van der Waals surface area contributed by atoms with E-state index in [1.807, 2.05) is 11.0 Å². The van der Waals surface area contributed by atoms with E-state index >= 15 is 0 Å². The van der Waals surface area contributed by atoms with E-state index in [9.17, 15) is 14.0 Å². The van der Waals surface area contributed by atoms with Gasteiger partial charge in [-0.3, -0.25) is 9.59 Å². The molecule has 2 fully saturated rings. The lowest BCUT2D eigenvalue weighted by Crippen LogP contribution is -2.34. The average Bonchev–Trinajstić information content (AvgIpc) is 3.27. The largest absolute Gasteiger partial charge is 0.356 e. The van der Waals surface area contributed by atoms with Crippen LogP contribution in [0.5, 0.6) is 0 Å². The van der Waals surface area contributed by atoms with Crippen molar-refractivity contribution >= 4 is 11.8 Å². The summed E-state index contributed by atoms with van der Waals surface area (Å²) in [6.45, 7) is 1.07. The highest BCUT2D eigenvalue weighted by atomic mass is 19.1. The fourth-order valence-electron chi connectivity index (χ4n) is 2.98. The van der Waals surface area contributed by atoms with Gasteiger partial charge < -0.3 is 10.2 Å². The Kier molecular flexibility index (Phi) is 4.41. The number of carbonyl (C=O) groups is 2. The Bertz CT molecular complexity index is 572. The van der Waals surface area contributed by atoms with Gasteiger partial charge in [-0.05, 0) is 37.3 Å². The van der Waals surface area contributed by atoms with Gasteiger partial charge >= 0.3 is 0 Å². The van der Waals surface area contributed by atoms with Crippen LogP contribution in [0, 0.1) is 11.7 Å². The molecule has 1 saturated heterocycles. The number of hydrogen-bond donors (Lipinski definition) is 1. The first-order chi connectivity index (χ1) is 10.6. The molecule has 1 aliphatic carbocycles. The van der Waals surface area contributed by atoms with Crippen LogP contribution in [0.3, 0.4) is 0 Å². The summed E-state index contributed by atoms with van der Waals surface area (Å²) in [4.78, 5) is 25.8. The molecular formula is C17H21FN2O2. The van der Waals surface area contributed by atoms with Crippen LogP contribution in [0.25, 0.3) is 0 Å². The van der Waals surface area contributed by atoms with Gasteiger partial charge in [-0.1, -0.05) is 18.2 Å². The average molecular weight is 304 g/mol. The molecule has 2 amide bonds. The maximum absolute atomic E-state index is 13.5. The molecule has 1 aliphatic heterocycles. The minimum absolute atomic E-state index is 0.0509. The topological polar surface area (TPSA) is 49.4 Å². The third kappa shape index (κ3) is 3.46. The molecule has 2 aliphatic rings. The van der Waals surface area contributed by atoms with Crippen molar-refractivity contribution in [1.82, 2.24) is 10.2 Å². The number of halogens is 1. The zero-order valence-corrected chi connectivity index (χ0v) is 12.6. The molecule has 0 aromatic heterocycles. The first-order valence-corrected chi connectivity index (χ1v) is 7.95. The van der Waals surface area contributed by atoms with Crippen molar-refractivity contribution in [2.75, 3.05) is 13.1 Å². The van der Waals surface area contributed by atoms with Crippen LogP contribution in [0.4, 0.5) is 4.39 Å². The summed E-state index contributed by atoms with van der Waals surface area (Å²) in [6, 6.07) is 7.08. The first kappa shape index (κ1) is 15.0. The molecule has 1 heterocycles. The van der Waals surface area contributed by atoms with E-state index in [1.54, 1.807) is 12.1 Å². The predicted octanol–water partition coefficient (Wildman–Crippen LogP) is 1.89. The maximum atomic E-state index is 13.5. The Balaban J connectivity index is 1.39. The van der Waals surface area contributed by atoms with E-state index in [-0.39, 0.29) is 23.5 Å². The summed E-state index contributed by atoms with van der Waals surface area (Å²) < 4.78 is 13.5. The second-order valence-corrected chi connectivity index (χ2v) is 6.16. The van der Waals surface area contributed by atoms with Crippen molar-refractivity contribution in [2.24, 2.45) is 5.92 Å². The minimum atomic E-state index is -0.221. The van der Waals surface area contributed by atoms with Crippen LogP contribution in [0.15, 0.2) is 24.3 Å². The maximum Gasteiger partial charge on any atom is 0.225 e. The van der Waals surface area contributed by atoms with Crippen molar-refractivity contribution in [1.29, 1.82) is 0 Å². The van der Waals surface area contributed by atoms with Gasteiger partial charge in [0.1, 0.15) is 5.82 Å². The van der Waals surface area contributed by atoms with E-state index in [0.29, 0.717) is 44.0 Å². The number of nitrogens with zero attached hydrogens (tertiary/aromatic N) is 1. The molecule has 1 aromatic rings. The molecule has 118 valence electrons. The fraction of sp³-hybridized carbons (Fsp3) is 0.529. The van der Waals surface area contributed by atoms with Crippen molar-refractivity contribution in [3.8, 4) is 0 Å². The third-order valence-electron chi connectivity index (χ3n) is 4.40. The molecule has 0 radical (unpaired) electrons. The van der Waals surface area contributed by atoms with Crippen molar-refractivity contribution in [2.45, 2.75) is 38.1 Å². The number of hydrogen-bond acceptors (Lipinski definition) is 2. The van der Waals surface area contributed by atoms with E-state index in [1.165, 1.54) is 6.07 Å². The van der Waals surface area contributed by atoms with E-state index in [2.05, 4.69) is 5.32 Å². The van der Waals surface area contributed by atoms with Crippen LogP contribution < -0.4 is 5.32 Å². The highest BCUT2D eigenvalue weighted by Gasteiger charge is 2.41. The van der Waals surface area contributed by atoms with Crippen molar-refractivity contribution in [3.63, 3.8) is 0 Å². The Hall–Kier alpha value is -1.91. The molecule has 1 N–H and O–H groups in total. The minimum Gasteiger partial charge on any atom is -0.356 e. The van der Waals surface area contributed by atoms with Gasteiger partial charge in [0.05, 0.1) is 5.92 Å². The molecule has 0 spiro atoms. The number of nitrogens with one attached hydrogen (secondary N) is 1. The molecule has 22 heavy (non-hydrogen) atoms. The molecule has 4 nitrogen and oxygen atoms in total. The zero-order valence-electron chi connectivity index (χ0n) is 12.6. The Morgan fingerprint density at radius 3 is 2.82 bits per heavy atom. The SMILES string of the molecule is O=C(NCCCc1ccccc1F)[C@H]1CC(=O)N(C2CC2)C1. The summed E-state index contributed by atoms with van der Waals surface area (Å²) in [5, 5.41) is 2.87. The molecule has 5 heteroatoms. The highest BCUT2D eigenvalue weighted by Crippen LogP contribution is 2.32. The molecule has 3 rings (SSSR count). The van der Waals surface area contributed by atoms with Gasteiger partial charge in [-0.2, -0.15) is 0 Å². The number of likely N-dealkylation sites (tertiary alicyclic amines) is 1. The van der Waals surface area contributed by atoms with Gasteiger partial charge in [0.2, 0.25) is 11.8 Å². The quantitative estimate of drug-likeness (QED) is 0.816. The lowest BCUT2D eigenvalue weighted by atomic mass is 10.1. The Labute approximate surface area is 129 Å². The normalized spacial score (nSPS) is 21.2. The number of amides is 2. The molecule has 0 bridgehead atoms. The monoisotopic (exact) mass is 304 g/mol. The summed E-state index contributed by atoms with van der Waals surface area (Å²) >= 11 is 0. The van der Waals surface area contributed by atoms with Gasteiger partial charge in [0.25, 0.3) is 0 Å². The van der Waals surface area contributed by atoms with E-state index in [0.717, 1.165) is 12.8 Å². The summed E-state index contributed by atoms with van der Waals surface area (Å²) in [5.41, 5.74) is 0.674. The summed E-state index contributed by atoms with van der Waals surface area (Å²) in [5.74, 6) is -0.365. The van der Waals surface area contributed by atoms with Gasteiger partial charge in [-0.25, -0.2) is 4.39 Å². The molecule has 0 unspecified atom stereocenters. The molecule has 1 saturated carbocycles. The zero-order chi connectivity index (χ0) is 15.5. The van der Waals surface area contributed by atoms with Crippen LogP contribution in [-0.4, -0.2) is 35.8 Å². The number of carbonyl (C=O) groups excluding carboxylic acids is 2. The highest BCUT2D eigenvalue weighted by molar-refractivity contribution is 5.89. The van der Waals surface area contributed by atoms with Crippen LogP contribution >= 0.6 is 0 Å². The van der Waals surface area contributed by atoms with Crippen molar-refractivity contribution < 1.29 is 14.0 Å². The van der Waals surface area contributed by atoms with Gasteiger partial charge in [-0.15, -0.1) is 0 Å². The summed E-state index contributed by atoms with van der Waals surface area (Å²) in [7, 11) is 0. The standard InChI is InChI=1S/C17H21FN2O2/c18-15-6-2-1-4-12(15)5-3-9-19-17(22)13-10-16(21)20(11-13)14-7-8-14/h1-2,4,6,13-14H,3,5,7-11H2,(H,19,22)/t13-/m0/s1. The third-order valence-corrected chi connectivity index (χ3v) is 4.40. The second-order valence-electron chi connectivity index (χ2n) is 6.16. The number of rotatable bonds is 6. The molecule has 1 aromatic carbocycles. The number of aryl methyl sites for hydroxylation is 1. The lowest BCUT2D eigenvalue weighted by Gasteiger charge is -2.15. The van der Waals surface area contributed by atoms with Crippen LogP contribution in [0.1, 0.15) is 31.2 Å². The van der Waals surface area contributed by atoms with Crippen molar-refractivity contribution in [3.05, 3.63) is 35.6 Å². The van der Waals surface area contributed by atoms with Gasteiger partial charge in [0, 0.05) is 25.6 Å². The molecule has 1 atom stereocenters. The smallest absolute Gasteiger partial charge is 0.225 e. The predicted molar refractivity (Wildman–Crippen MR) is 80.6 cm³/mol. The van der Waals surface area contributed by atoms with Crippen LogP contribution in [-0.2, 0) is 16.0 Å². The Morgan fingerprint density at radius 1 is 1.32 bits per heavy atom. The van der Waals surface area contributed by atoms with E-state index < -0.39 is 0 Å². The van der Waals surface area contributed by atoms with E-state index in [4.69, 9.17) is 0 Å². The summed E-state index contributed by atoms with van der Waals surface area (Å²) in [6.07, 6.45) is 3.77. The lowest BCUT2D eigenvalue weighted by molar-refractivity contribution is -0.129. The van der Waals surface area contributed by atoms with Gasteiger partial charge in [0.15, 0.2) is 0 Å². The molecular weight excluding hydrogens is 283 g/mol. The number of benzene rings is 1. The Morgan fingerprint density at radius 2 is 2.09 bits per heavy atom. The second kappa shape index (κ2) is 6.46.